The predicted molar refractivity (Wildman–Crippen MR) is 87.8 cm³/mol. The molecule has 0 saturated carbocycles. The first-order chi connectivity index (χ1) is 11.5. The van der Waals surface area contributed by atoms with E-state index in [2.05, 4.69) is 0 Å². The van der Waals surface area contributed by atoms with Gasteiger partial charge in [0.1, 0.15) is 0 Å². The summed E-state index contributed by atoms with van der Waals surface area (Å²) < 4.78 is 0. The summed E-state index contributed by atoms with van der Waals surface area (Å²) in [5, 5.41) is 9.13. The van der Waals surface area contributed by atoms with E-state index in [1.165, 1.54) is 0 Å². The molecule has 24 heavy (non-hydrogen) atoms. The SMILES string of the molecule is O=C(O)c1cccc([C@H]2CCCN(C(=O)CN3CCCC3=O)C2)c1. The largest absolute Gasteiger partial charge is 0.478 e. The summed E-state index contributed by atoms with van der Waals surface area (Å²) >= 11 is 0. The average molecular weight is 330 g/mol. The third-order valence-corrected chi connectivity index (χ3v) is 4.88. The molecule has 1 N–H and O–H groups in total. The van der Waals surface area contributed by atoms with Crippen molar-refractivity contribution in [1.82, 2.24) is 9.80 Å². The first-order valence-electron chi connectivity index (χ1n) is 8.43. The van der Waals surface area contributed by atoms with Crippen LogP contribution in [0.5, 0.6) is 0 Å². The van der Waals surface area contributed by atoms with E-state index in [1.807, 2.05) is 11.0 Å². The fourth-order valence-corrected chi connectivity index (χ4v) is 3.54. The molecule has 3 rings (SSSR count). The number of carbonyl (C=O) groups excluding carboxylic acids is 2. The number of rotatable bonds is 4. The Bertz CT molecular complexity index is 658. The van der Waals surface area contributed by atoms with Crippen LogP contribution in [0.2, 0.25) is 0 Å². The fourth-order valence-electron chi connectivity index (χ4n) is 3.54. The van der Waals surface area contributed by atoms with Gasteiger partial charge in [0.05, 0.1) is 12.1 Å². The Kier molecular flexibility index (Phi) is 4.83. The van der Waals surface area contributed by atoms with Gasteiger partial charge in [0.25, 0.3) is 0 Å². The van der Waals surface area contributed by atoms with Gasteiger partial charge in [-0.3, -0.25) is 9.59 Å². The monoisotopic (exact) mass is 330 g/mol. The van der Waals surface area contributed by atoms with Gasteiger partial charge < -0.3 is 14.9 Å². The van der Waals surface area contributed by atoms with Gasteiger partial charge in [-0.05, 0) is 37.0 Å². The maximum absolute atomic E-state index is 12.5. The van der Waals surface area contributed by atoms with Crippen molar-refractivity contribution in [2.24, 2.45) is 0 Å². The highest BCUT2D eigenvalue weighted by Crippen LogP contribution is 2.27. The minimum Gasteiger partial charge on any atom is -0.478 e. The van der Waals surface area contributed by atoms with Crippen LogP contribution in [0.15, 0.2) is 24.3 Å². The lowest BCUT2D eigenvalue weighted by Crippen LogP contribution is -2.45. The molecule has 6 nitrogen and oxygen atoms in total. The number of carbonyl (C=O) groups is 3. The smallest absolute Gasteiger partial charge is 0.335 e. The third kappa shape index (κ3) is 3.58. The topological polar surface area (TPSA) is 77.9 Å². The Balaban J connectivity index is 1.65. The summed E-state index contributed by atoms with van der Waals surface area (Å²) in [7, 11) is 0. The molecule has 2 saturated heterocycles. The van der Waals surface area contributed by atoms with Crippen LogP contribution >= 0.6 is 0 Å². The maximum atomic E-state index is 12.5. The van der Waals surface area contributed by atoms with Crippen LogP contribution in [-0.4, -0.2) is 58.9 Å². The van der Waals surface area contributed by atoms with Crippen molar-refractivity contribution in [1.29, 1.82) is 0 Å². The molecule has 6 heteroatoms. The number of likely N-dealkylation sites (tertiary alicyclic amines) is 2. The van der Waals surface area contributed by atoms with Crippen LogP contribution in [0.4, 0.5) is 0 Å². The molecule has 0 spiro atoms. The molecule has 1 aromatic rings. The van der Waals surface area contributed by atoms with Gasteiger partial charge in [0, 0.05) is 32.0 Å². The number of hydrogen-bond donors (Lipinski definition) is 1. The lowest BCUT2D eigenvalue weighted by molar-refractivity contribution is -0.139. The maximum Gasteiger partial charge on any atom is 0.335 e. The molecular weight excluding hydrogens is 308 g/mol. The van der Waals surface area contributed by atoms with Crippen molar-refractivity contribution in [3.63, 3.8) is 0 Å². The van der Waals surface area contributed by atoms with Gasteiger partial charge >= 0.3 is 5.97 Å². The van der Waals surface area contributed by atoms with E-state index in [-0.39, 0.29) is 29.8 Å². The zero-order chi connectivity index (χ0) is 17.1. The van der Waals surface area contributed by atoms with E-state index in [0.717, 1.165) is 24.8 Å². The van der Waals surface area contributed by atoms with E-state index >= 15 is 0 Å². The highest BCUT2D eigenvalue weighted by Gasteiger charge is 2.28. The summed E-state index contributed by atoms with van der Waals surface area (Å²) in [6.07, 6.45) is 3.20. The standard InChI is InChI=1S/C18H22N2O4/c21-16-7-3-9-20(16)12-17(22)19-8-2-6-15(11-19)13-4-1-5-14(10-13)18(23)24/h1,4-5,10,15H,2-3,6-9,11-12H2,(H,23,24)/t15-/m0/s1. The lowest BCUT2D eigenvalue weighted by atomic mass is 9.89. The second-order valence-electron chi connectivity index (χ2n) is 6.53. The van der Waals surface area contributed by atoms with Crippen molar-refractivity contribution in [3.05, 3.63) is 35.4 Å². The van der Waals surface area contributed by atoms with Crippen LogP contribution in [-0.2, 0) is 9.59 Å². The molecule has 2 fully saturated rings. The molecular formula is C18H22N2O4. The van der Waals surface area contributed by atoms with E-state index in [1.54, 1.807) is 23.1 Å². The first-order valence-corrected chi connectivity index (χ1v) is 8.43. The number of nitrogens with zero attached hydrogens (tertiary/aromatic N) is 2. The molecule has 2 amide bonds. The van der Waals surface area contributed by atoms with Gasteiger partial charge in [0.15, 0.2) is 0 Å². The zero-order valence-corrected chi connectivity index (χ0v) is 13.6. The molecule has 2 aliphatic heterocycles. The van der Waals surface area contributed by atoms with Crippen molar-refractivity contribution in [2.75, 3.05) is 26.2 Å². The number of carboxylic acid groups (broad SMARTS) is 1. The van der Waals surface area contributed by atoms with E-state index in [9.17, 15) is 14.4 Å². The average Bonchev–Trinajstić information content (AvgIpc) is 3.00. The quantitative estimate of drug-likeness (QED) is 0.912. The summed E-state index contributed by atoms with van der Waals surface area (Å²) in [6, 6.07) is 6.96. The first kappa shape index (κ1) is 16.5. The third-order valence-electron chi connectivity index (χ3n) is 4.88. The van der Waals surface area contributed by atoms with Gasteiger partial charge in [0.2, 0.25) is 11.8 Å². The fraction of sp³-hybridized carbons (Fsp3) is 0.500. The molecule has 0 aliphatic carbocycles. The van der Waals surface area contributed by atoms with Crippen LogP contribution in [0.1, 0.15) is 47.5 Å². The van der Waals surface area contributed by atoms with Crippen molar-refractivity contribution < 1.29 is 19.5 Å². The summed E-state index contributed by atoms with van der Waals surface area (Å²) in [5.41, 5.74) is 1.24. The molecule has 0 bridgehead atoms. The molecule has 1 aromatic carbocycles. The van der Waals surface area contributed by atoms with Crippen LogP contribution in [0.25, 0.3) is 0 Å². The second-order valence-corrected chi connectivity index (χ2v) is 6.53. The Morgan fingerprint density at radius 3 is 2.75 bits per heavy atom. The molecule has 2 aliphatic rings. The highest BCUT2D eigenvalue weighted by molar-refractivity contribution is 5.88. The summed E-state index contributed by atoms with van der Waals surface area (Å²) in [6.45, 7) is 2.13. The van der Waals surface area contributed by atoms with Gasteiger partial charge in [-0.25, -0.2) is 4.79 Å². The Morgan fingerprint density at radius 2 is 2.04 bits per heavy atom. The molecule has 128 valence electrons. The van der Waals surface area contributed by atoms with Crippen LogP contribution < -0.4 is 0 Å². The van der Waals surface area contributed by atoms with Crippen LogP contribution in [0.3, 0.4) is 0 Å². The number of carboxylic acids is 1. The Labute approximate surface area is 141 Å². The number of amides is 2. The van der Waals surface area contributed by atoms with Gasteiger partial charge in [-0.1, -0.05) is 12.1 Å². The molecule has 2 heterocycles. The van der Waals surface area contributed by atoms with Gasteiger partial charge in [-0.2, -0.15) is 0 Å². The number of benzene rings is 1. The van der Waals surface area contributed by atoms with Crippen molar-refractivity contribution in [2.45, 2.75) is 31.6 Å². The minimum atomic E-state index is -0.937. The zero-order valence-electron chi connectivity index (χ0n) is 13.6. The number of aromatic carboxylic acids is 1. The summed E-state index contributed by atoms with van der Waals surface area (Å²) in [4.78, 5) is 38.7. The lowest BCUT2D eigenvalue weighted by Gasteiger charge is -2.34. The minimum absolute atomic E-state index is 0.00987. The van der Waals surface area contributed by atoms with E-state index in [4.69, 9.17) is 5.11 Å². The number of piperidine rings is 1. The second kappa shape index (κ2) is 7.03. The Hall–Kier alpha value is -2.37. The number of hydrogen-bond acceptors (Lipinski definition) is 3. The molecule has 0 aromatic heterocycles. The molecule has 0 unspecified atom stereocenters. The molecule has 0 radical (unpaired) electrons. The van der Waals surface area contributed by atoms with E-state index in [0.29, 0.717) is 26.1 Å². The summed E-state index contributed by atoms with van der Waals surface area (Å²) in [5.74, 6) is -0.736. The molecule has 1 atom stereocenters. The Morgan fingerprint density at radius 1 is 1.21 bits per heavy atom. The van der Waals surface area contributed by atoms with Gasteiger partial charge in [-0.15, -0.1) is 0 Å². The van der Waals surface area contributed by atoms with Crippen LogP contribution in [0, 0.1) is 0 Å². The van der Waals surface area contributed by atoms with Crippen molar-refractivity contribution >= 4 is 17.8 Å². The van der Waals surface area contributed by atoms with E-state index < -0.39 is 5.97 Å². The van der Waals surface area contributed by atoms with Crippen molar-refractivity contribution in [3.8, 4) is 0 Å². The predicted octanol–water partition coefficient (Wildman–Crippen LogP) is 1.71. The highest BCUT2D eigenvalue weighted by atomic mass is 16.4. The normalized spacial score (nSPS) is 21.2.